The molecule has 1 saturated carbocycles. The fourth-order valence-corrected chi connectivity index (χ4v) is 2.58. The lowest BCUT2D eigenvalue weighted by molar-refractivity contribution is -0.146. The summed E-state index contributed by atoms with van der Waals surface area (Å²) >= 11 is 0. The molecule has 5 heteroatoms. The van der Waals surface area contributed by atoms with E-state index in [1.807, 2.05) is 25.1 Å². The van der Waals surface area contributed by atoms with Crippen molar-refractivity contribution in [3.05, 3.63) is 29.6 Å². The molecule has 1 amide bonds. The van der Waals surface area contributed by atoms with Gasteiger partial charge in [-0.2, -0.15) is 0 Å². The number of hydrogen-bond acceptors (Lipinski definition) is 3. The Balaban J connectivity index is 1.92. The van der Waals surface area contributed by atoms with E-state index in [4.69, 9.17) is 5.11 Å². The monoisotopic (exact) mass is 262 g/mol. The number of nitrogens with one attached hydrogen (secondary N) is 1. The van der Waals surface area contributed by atoms with Gasteiger partial charge in [-0.05, 0) is 31.9 Å². The number of pyridine rings is 1. The lowest BCUT2D eigenvalue weighted by Crippen LogP contribution is -2.35. The van der Waals surface area contributed by atoms with Crippen molar-refractivity contribution in [3.8, 4) is 0 Å². The number of rotatable bonds is 4. The lowest BCUT2D eigenvalue weighted by atomic mass is 9.95. The van der Waals surface area contributed by atoms with E-state index in [2.05, 4.69) is 10.3 Å². The van der Waals surface area contributed by atoms with Gasteiger partial charge < -0.3 is 10.4 Å². The third kappa shape index (κ3) is 3.30. The van der Waals surface area contributed by atoms with Gasteiger partial charge in [-0.1, -0.05) is 12.5 Å². The van der Waals surface area contributed by atoms with Crippen molar-refractivity contribution in [1.29, 1.82) is 0 Å². The molecule has 0 spiro atoms. The molecule has 0 bridgehead atoms. The van der Waals surface area contributed by atoms with Crippen LogP contribution in [0, 0.1) is 18.8 Å². The fraction of sp³-hybridized carbons (Fsp3) is 0.500. The summed E-state index contributed by atoms with van der Waals surface area (Å²) < 4.78 is 0. The van der Waals surface area contributed by atoms with Crippen LogP contribution in [-0.4, -0.2) is 22.0 Å². The Labute approximate surface area is 112 Å². The summed E-state index contributed by atoms with van der Waals surface area (Å²) in [7, 11) is 0. The number of carbonyl (C=O) groups excluding carboxylic acids is 1. The molecule has 1 aliphatic rings. The average Bonchev–Trinajstić information content (AvgIpc) is 2.85. The molecule has 0 aromatic carbocycles. The summed E-state index contributed by atoms with van der Waals surface area (Å²) in [5.41, 5.74) is 1.69. The van der Waals surface area contributed by atoms with Gasteiger partial charge in [0.25, 0.3) is 0 Å². The van der Waals surface area contributed by atoms with Crippen LogP contribution >= 0.6 is 0 Å². The number of amides is 1. The number of hydrogen-bond donors (Lipinski definition) is 2. The van der Waals surface area contributed by atoms with E-state index in [0.717, 1.165) is 17.8 Å². The van der Waals surface area contributed by atoms with Gasteiger partial charge in [0, 0.05) is 5.69 Å². The van der Waals surface area contributed by atoms with E-state index in [-0.39, 0.29) is 5.91 Å². The van der Waals surface area contributed by atoms with Crippen LogP contribution in [0.4, 0.5) is 0 Å². The summed E-state index contributed by atoms with van der Waals surface area (Å²) in [5, 5.41) is 11.9. The predicted molar refractivity (Wildman–Crippen MR) is 69.3 cm³/mol. The van der Waals surface area contributed by atoms with E-state index < -0.39 is 17.8 Å². The van der Waals surface area contributed by atoms with E-state index >= 15 is 0 Å². The van der Waals surface area contributed by atoms with E-state index in [9.17, 15) is 9.59 Å². The molecule has 2 N–H and O–H groups in total. The van der Waals surface area contributed by atoms with Gasteiger partial charge in [-0.15, -0.1) is 0 Å². The molecule has 5 nitrogen and oxygen atoms in total. The number of carboxylic acids is 1. The summed E-state index contributed by atoms with van der Waals surface area (Å²) in [5.74, 6) is -1.98. The van der Waals surface area contributed by atoms with Gasteiger partial charge in [0.05, 0.1) is 24.1 Å². The minimum Gasteiger partial charge on any atom is -0.481 e. The van der Waals surface area contributed by atoms with Crippen molar-refractivity contribution in [2.45, 2.75) is 32.7 Å². The Kier molecular flexibility index (Phi) is 4.14. The van der Waals surface area contributed by atoms with E-state index in [1.54, 1.807) is 0 Å². The largest absolute Gasteiger partial charge is 0.481 e. The maximum Gasteiger partial charge on any atom is 0.307 e. The molecule has 1 aliphatic carbocycles. The van der Waals surface area contributed by atoms with Crippen LogP contribution in [0.25, 0.3) is 0 Å². The zero-order chi connectivity index (χ0) is 13.8. The van der Waals surface area contributed by atoms with Gasteiger partial charge in [-0.25, -0.2) is 0 Å². The molecular formula is C14H18N2O3. The maximum atomic E-state index is 12.0. The second kappa shape index (κ2) is 5.82. The van der Waals surface area contributed by atoms with Gasteiger partial charge >= 0.3 is 5.97 Å². The molecule has 1 aromatic rings. The zero-order valence-corrected chi connectivity index (χ0v) is 10.9. The minimum atomic E-state index is -0.869. The summed E-state index contributed by atoms with van der Waals surface area (Å²) in [6.45, 7) is 2.24. The predicted octanol–water partition coefficient (Wildman–Crippen LogP) is 1.51. The van der Waals surface area contributed by atoms with Crippen molar-refractivity contribution in [3.63, 3.8) is 0 Å². The molecule has 1 aromatic heterocycles. The first-order valence-electron chi connectivity index (χ1n) is 6.51. The van der Waals surface area contributed by atoms with Crippen molar-refractivity contribution < 1.29 is 14.7 Å². The second-order valence-electron chi connectivity index (χ2n) is 4.97. The Hall–Kier alpha value is -1.91. The maximum absolute atomic E-state index is 12.0. The molecule has 1 fully saturated rings. The molecule has 0 radical (unpaired) electrons. The third-order valence-corrected chi connectivity index (χ3v) is 3.56. The van der Waals surface area contributed by atoms with Crippen LogP contribution in [0.1, 0.15) is 30.7 Å². The smallest absolute Gasteiger partial charge is 0.307 e. The number of carboxylic acid groups (broad SMARTS) is 1. The Morgan fingerprint density at radius 1 is 1.37 bits per heavy atom. The summed E-state index contributed by atoms with van der Waals surface area (Å²) in [6.07, 6.45) is 2.05. The number of aryl methyl sites for hydroxylation is 1. The molecule has 2 unspecified atom stereocenters. The number of nitrogens with zero attached hydrogens (tertiary/aromatic N) is 1. The highest BCUT2D eigenvalue weighted by molar-refractivity contribution is 5.85. The molecule has 0 saturated heterocycles. The molecule has 1 heterocycles. The van der Waals surface area contributed by atoms with Crippen LogP contribution < -0.4 is 5.32 Å². The SMILES string of the molecule is Cc1cccc(CNC(=O)C2CCCC2C(=O)O)n1. The van der Waals surface area contributed by atoms with Gasteiger partial charge in [0.15, 0.2) is 0 Å². The Morgan fingerprint density at radius 3 is 2.79 bits per heavy atom. The van der Waals surface area contributed by atoms with Crippen molar-refractivity contribution in [2.75, 3.05) is 0 Å². The Morgan fingerprint density at radius 2 is 2.11 bits per heavy atom. The molecule has 2 atom stereocenters. The zero-order valence-electron chi connectivity index (χ0n) is 10.9. The molecule has 19 heavy (non-hydrogen) atoms. The van der Waals surface area contributed by atoms with E-state index in [0.29, 0.717) is 19.4 Å². The summed E-state index contributed by atoms with van der Waals surface area (Å²) in [4.78, 5) is 27.4. The van der Waals surface area contributed by atoms with Gasteiger partial charge in [0.1, 0.15) is 0 Å². The lowest BCUT2D eigenvalue weighted by Gasteiger charge is -2.15. The number of carbonyl (C=O) groups is 2. The normalized spacial score (nSPS) is 22.2. The van der Waals surface area contributed by atoms with E-state index in [1.165, 1.54) is 0 Å². The number of aliphatic carboxylic acids is 1. The first-order valence-corrected chi connectivity index (χ1v) is 6.51. The first kappa shape index (κ1) is 13.5. The highest BCUT2D eigenvalue weighted by Gasteiger charge is 2.37. The van der Waals surface area contributed by atoms with Crippen LogP contribution in [0.2, 0.25) is 0 Å². The fourth-order valence-electron chi connectivity index (χ4n) is 2.58. The molecular weight excluding hydrogens is 244 g/mol. The summed E-state index contributed by atoms with van der Waals surface area (Å²) in [6, 6.07) is 5.62. The highest BCUT2D eigenvalue weighted by atomic mass is 16.4. The average molecular weight is 262 g/mol. The molecule has 0 aliphatic heterocycles. The van der Waals surface area contributed by atoms with Gasteiger partial charge in [0.2, 0.25) is 5.91 Å². The standard InChI is InChI=1S/C14H18N2O3/c1-9-4-2-5-10(16-9)8-15-13(17)11-6-3-7-12(11)14(18)19/h2,4-5,11-12H,3,6-8H2,1H3,(H,15,17)(H,18,19). The Bertz CT molecular complexity index is 487. The van der Waals surface area contributed by atoms with Crippen LogP contribution in [-0.2, 0) is 16.1 Å². The van der Waals surface area contributed by atoms with Crippen LogP contribution in [0.3, 0.4) is 0 Å². The van der Waals surface area contributed by atoms with Crippen LogP contribution in [0.5, 0.6) is 0 Å². The quantitative estimate of drug-likeness (QED) is 0.862. The number of aromatic nitrogens is 1. The second-order valence-corrected chi connectivity index (χ2v) is 4.97. The van der Waals surface area contributed by atoms with Crippen molar-refractivity contribution >= 4 is 11.9 Å². The third-order valence-electron chi connectivity index (χ3n) is 3.56. The molecule has 2 rings (SSSR count). The van der Waals surface area contributed by atoms with Crippen LogP contribution in [0.15, 0.2) is 18.2 Å². The van der Waals surface area contributed by atoms with Crippen molar-refractivity contribution in [1.82, 2.24) is 10.3 Å². The molecule has 102 valence electrons. The minimum absolute atomic E-state index is 0.173. The van der Waals surface area contributed by atoms with Gasteiger partial charge in [-0.3, -0.25) is 14.6 Å². The topological polar surface area (TPSA) is 79.3 Å². The van der Waals surface area contributed by atoms with Crippen molar-refractivity contribution in [2.24, 2.45) is 11.8 Å². The first-order chi connectivity index (χ1) is 9.08. The highest BCUT2D eigenvalue weighted by Crippen LogP contribution is 2.32.